The van der Waals surface area contributed by atoms with Crippen LogP contribution < -0.4 is 16.4 Å². The highest BCUT2D eigenvalue weighted by molar-refractivity contribution is 9.10. The smallest absolute Gasteiger partial charge is 0.314 e. The summed E-state index contributed by atoms with van der Waals surface area (Å²) in [7, 11) is 0. The van der Waals surface area contributed by atoms with Crippen molar-refractivity contribution in [2.45, 2.75) is 0 Å². The molecule has 3 aromatic rings. The summed E-state index contributed by atoms with van der Waals surface area (Å²) >= 11 is 3.11. The van der Waals surface area contributed by atoms with Crippen LogP contribution in [0.3, 0.4) is 0 Å². The first-order valence-corrected chi connectivity index (χ1v) is 6.65. The molecule has 0 radical (unpaired) electrons. The summed E-state index contributed by atoms with van der Waals surface area (Å²) in [6.07, 6.45) is 0. The van der Waals surface area contributed by atoms with Crippen LogP contribution in [0.4, 0.5) is 5.69 Å². The second-order valence-electron chi connectivity index (χ2n) is 4.23. The summed E-state index contributed by atoms with van der Waals surface area (Å²) in [5.74, 6) is -0.274. The minimum atomic E-state index is -0.749. The van der Waals surface area contributed by atoms with Gasteiger partial charge in [-0.05, 0) is 46.3 Å². The van der Waals surface area contributed by atoms with E-state index in [2.05, 4.69) is 31.2 Å². The molecule has 0 saturated carbocycles. The van der Waals surface area contributed by atoms with E-state index >= 15 is 0 Å². The van der Waals surface area contributed by atoms with Crippen molar-refractivity contribution >= 4 is 38.6 Å². The molecule has 0 spiro atoms. The Morgan fingerprint density at radius 2 is 1.76 bits per heavy atom. The van der Waals surface area contributed by atoms with E-state index in [0.717, 1.165) is 0 Å². The fraction of sp³-hybridized carbons (Fsp3) is 0. The summed E-state index contributed by atoms with van der Waals surface area (Å²) in [4.78, 5) is 39.3. The number of H-pyrrole nitrogens is 2. The van der Waals surface area contributed by atoms with Crippen molar-refractivity contribution in [1.29, 1.82) is 0 Å². The number of rotatable bonds is 2. The van der Waals surface area contributed by atoms with Crippen molar-refractivity contribution in [3.8, 4) is 0 Å². The van der Waals surface area contributed by atoms with Crippen LogP contribution in [-0.4, -0.2) is 15.9 Å². The molecule has 7 nitrogen and oxygen atoms in total. The lowest BCUT2D eigenvalue weighted by molar-refractivity contribution is 0.0995. The summed E-state index contributed by atoms with van der Waals surface area (Å²) in [5.41, 5.74) is -0.125. The molecular formula is C13H8BrN3O4. The van der Waals surface area contributed by atoms with Crippen LogP contribution in [0.25, 0.3) is 11.0 Å². The minimum absolute atomic E-state index is 0.150. The number of carbonyl (C=O) groups is 1. The molecular weight excluding hydrogens is 342 g/mol. The highest BCUT2D eigenvalue weighted by Gasteiger charge is 2.11. The molecule has 0 unspecified atom stereocenters. The van der Waals surface area contributed by atoms with Crippen LogP contribution >= 0.6 is 15.9 Å². The van der Waals surface area contributed by atoms with Gasteiger partial charge in [-0.25, -0.2) is 0 Å². The molecule has 1 amide bonds. The summed E-state index contributed by atoms with van der Waals surface area (Å²) in [5, 5.41) is 2.63. The lowest BCUT2D eigenvalue weighted by Gasteiger charge is -2.04. The molecule has 3 N–H and O–H groups in total. The van der Waals surface area contributed by atoms with E-state index in [1.54, 1.807) is 24.3 Å². The lowest BCUT2D eigenvalue weighted by Crippen LogP contribution is -2.28. The van der Waals surface area contributed by atoms with Crippen molar-refractivity contribution in [2.24, 2.45) is 0 Å². The average molecular weight is 350 g/mol. The molecule has 1 aromatic carbocycles. The number of furan rings is 1. The number of hydrogen-bond acceptors (Lipinski definition) is 4. The van der Waals surface area contributed by atoms with E-state index in [4.69, 9.17) is 4.42 Å². The number of benzene rings is 1. The van der Waals surface area contributed by atoms with E-state index in [1.807, 2.05) is 0 Å². The van der Waals surface area contributed by atoms with Gasteiger partial charge in [0.2, 0.25) is 0 Å². The molecule has 0 aliphatic rings. The van der Waals surface area contributed by atoms with Gasteiger partial charge < -0.3 is 19.7 Å². The number of anilines is 1. The highest BCUT2D eigenvalue weighted by atomic mass is 79.9. The number of amides is 1. The first kappa shape index (κ1) is 13.4. The summed E-state index contributed by atoms with van der Waals surface area (Å²) < 4.78 is 5.59. The Morgan fingerprint density at radius 1 is 1.05 bits per heavy atom. The number of fused-ring (bicyclic) bond motifs is 1. The monoisotopic (exact) mass is 349 g/mol. The Balaban J connectivity index is 1.94. The van der Waals surface area contributed by atoms with Gasteiger partial charge in [0.15, 0.2) is 10.4 Å². The van der Waals surface area contributed by atoms with Gasteiger partial charge in [0, 0.05) is 5.69 Å². The second-order valence-corrected chi connectivity index (χ2v) is 5.01. The molecule has 3 rings (SSSR count). The molecule has 2 aromatic heterocycles. The zero-order valence-corrected chi connectivity index (χ0v) is 12.0. The fourth-order valence-electron chi connectivity index (χ4n) is 1.82. The molecule has 0 aliphatic carbocycles. The van der Waals surface area contributed by atoms with Gasteiger partial charge >= 0.3 is 11.1 Å². The molecule has 0 atom stereocenters. The maximum atomic E-state index is 11.9. The third-order valence-corrected chi connectivity index (χ3v) is 3.20. The number of aromatic nitrogens is 2. The molecule has 0 bridgehead atoms. The van der Waals surface area contributed by atoms with Crippen molar-refractivity contribution < 1.29 is 9.21 Å². The van der Waals surface area contributed by atoms with Gasteiger partial charge in [0.05, 0.1) is 11.0 Å². The predicted octanol–water partition coefficient (Wildman–Crippen LogP) is 1.82. The lowest BCUT2D eigenvalue weighted by atomic mass is 10.2. The zero-order chi connectivity index (χ0) is 15.0. The third-order valence-electron chi connectivity index (χ3n) is 2.78. The SMILES string of the molecule is O=C(Nc1ccc2[nH]c(=O)c(=O)[nH]c2c1)c1ccc(Br)o1. The van der Waals surface area contributed by atoms with Gasteiger partial charge in [-0.3, -0.25) is 14.4 Å². The standard InChI is InChI=1S/C13H8BrN3O4/c14-10-4-3-9(21-10)11(18)15-6-1-2-7-8(5-6)17-13(20)12(19)16-7/h1-5H,(H,15,18)(H,16,19)(H,17,20). The maximum absolute atomic E-state index is 11.9. The van der Waals surface area contributed by atoms with Gasteiger partial charge in [-0.15, -0.1) is 0 Å². The third kappa shape index (κ3) is 2.65. The summed E-state index contributed by atoms with van der Waals surface area (Å²) in [6.45, 7) is 0. The molecule has 8 heteroatoms. The number of carbonyl (C=O) groups excluding carboxylic acids is 1. The molecule has 0 aliphatic heterocycles. The quantitative estimate of drug-likeness (QED) is 0.613. The Morgan fingerprint density at radius 3 is 2.43 bits per heavy atom. The summed E-state index contributed by atoms with van der Waals surface area (Å²) in [6, 6.07) is 7.87. The number of nitrogens with one attached hydrogen (secondary N) is 3. The molecule has 106 valence electrons. The maximum Gasteiger partial charge on any atom is 0.314 e. The predicted molar refractivity (Wildman–Crippen MR) is 79.6 cm³/mol. The Bertz CT molecular complexity index is 954. The van der Waals surface area contributed by atoms with Crippen LogP contribution in [0, 0.1) is 0 Å². The number of hydrogen-bond donors (Lipinski definition) is 3. The van der Waals surface area contributed by atoms with Gasteiger partial charge in [-0.2, -0.15) is 0 Å². The largest absolute Gasteiger partial charge is 0.444 e. The van der Waals surface area contributed by atoms with E-state index in [1.165, 1.54) is 6.07 Å². The molecule has 21 heavy (non-hydrogen) atoms. The van der Waals surface area contributed by atoms with Gasteiger partial charge in [-0.1, -0.05) is 0 Å². The first-order chi connectivity index (χ1) is 10.0. The van der Waals surface area contributed by atoms with Crippen molar-refractivity contribution in [3.05, 3.63) is 61.5 Å². The van der Waals surface area contributed by atoms with Crippen LogP contribution in [0.15, 0.2) is 49.0 Å². The van der Waals surface area contributed by atoms with E-state index in [9.17, 15) is 14.4 Å². The van der Waals surface area contributed by atoms with Crippen LogP contribution in [0.2, 0.25) is 0 Å². The van der Waals surface area contributed by atoms with E-state index < -0.39 is 17.0 Å². The van der Waals surface area contributed by atoms with Crippen LogP contribution in [0.1, 0.15) is 10.6 Å². The van der Waals surface area contributed by atoms with Crippen molar-refractivity contribution in [3.63, 3.8) is 0 Å². The van der Waals surface area contributed by atoms with E-state index in [0.29, 0.717) is 21.4 Å². The van der Waals surface area contributed by atoms with Crippen molar-refractivity contribution in [2.75, 3.05) is 5.32 Å². The van der Waals surface area contributed by atoms with Gasteiger partial charge in [0.1, 0.15) is 0 Å². The Labute approximate surface area is 125 Å². The van der Waals surface area contributed by atoms with Crippen LogP contribution in [-0.2, 0) is 0 Å². The van der Waals surface area contributed by atoms with Crippen molar-refractivity contribution in [1.82, 2.24) is 9.97 Å². The topological polar surface area (TPSA) is 108 Å². The highest BCUT2D eigenvalue weighted by Crippen LogP contribution is 2.17. The fourth-order valence-corrected chi connectivity index (χ4v) is 2.13. The van der Waals surface area contributed by atoms with E-state index in [-0.39, 0.29) is 5.76 Å². The zero-order valence-electron chi connectivity index (χ0n) is 10.4. The molecule has 2 heterocycles. The second kappa shape index (κ2) is 5.06. The van der Waals surface area contributed by atoms with Gasteiger partial charge in [0.25, 0.3) is 5.91 Å². The average Bonchev–Trinajstić information content (AvgIpc) is 2.87. The Hall–Kier alpha value is -2.61. The van der Waals surface area contributed by atoms with Crippen LogP contribution in [0.5, 0.6) is 0 Å². The number of halogens is 1. The number of aromatic amines is 2. The normalized spacial score (nSPS) is 10.7. The first-order valence-electron chi connectivity index (χ1n) is 5.86. The molecule has 0 saturated heterocycles. The minimum Gasteiger partial charge on any atom is -0.444 e. The molecule has 0 fully saturated rings. The Kier molecular flexibility index (Phi) is 3.22.